The van der Waals surface area contributed by atoms with E-state index in [1.165, 1.54) is 24.3 Å². The van der Waals surface area contributed by atoms with Gasteiger partial charge in [-0.1, -0.05) is 24.3 Å². The Hall–Kier alpha value is -4.18. The first-order valence-electron chi connectivity index (χ1n) is 11.7. The molecule has 2 unspecified atom stereocenters. The molecule has 0 spiro atoms. The van der Waals surface area contributed by atoms with E-state index < -0.39 is 122 Å². The third-order valence-electron chi connectivity index (χ3n) is 6.58. The number of hydrogen-bond donors (Lipinski definition) is 0. The molecule has 2 aromatic carbocycles. The Morgan fingerprint density at radius 3 is 1.29 bits per heavy atom. The normalized spacial score (nSPS) is 18.2. The van der Waals surface area contributed by atoms with Gasteiger partial charge in [0.15, 0.2) is 66.1 Å². The van der Waals surface area contributed by atoms with Crippen LogP contribution in [0.4, 0.5) is 26.3 Å². The molecule has 3 aromatic rings. The molecule has 2 aliphatic carbocycles. The summed E-state index contributed by atoms with van der Waals surface area (Å²) in [6.45, 7) is 0. The Bertz CT molecular complexity index is 1850. The molecule has 0 fully saturated rings. The highest BCUT2D eigenvalue weighted by Crippen LogP contribution is 2.34. The van der Waals surface area contributed by atoms with E-state index >= 15 is 0 Å². The number of ketones is 2. The van der Waals surface area contributed by atoms with Crippen molar-refractivity contribution < 1.29 is 52.8 Å². The summed E-state index contributed by atoms with van der Waals surface area (Å²) >= 11 is 0. The molecule has 8 nitrogen and oxygen atoms in total. The lowest BCUT2D eigenvalue weighted by Crippen LogP contribution is -2.38. The van der Waals surface area contributed by atoms with Gasteiger partial charge in [-0.3, -0.25) is 9.59 Å². The first-order valence-corrected chi connectivity index (χ1v) is 15.0. The summed E-state index contributed by atoms with van der Waals surface area (Å²) in [5.41, 5.74) is -2.95. The van der Waals surface area contributed by atoms with Crippen molar-refractivity contribution in [1.29, 1.82) is 0 Å². The van der Waals surface area contributed by atoms with Crippen LogP contribution < -0.4 is 0 Å². The Morgan fingerprint density at radius 2 is 0.929 bits per heavy atom. The summed E-state index contributed by atoms with van der Waals surface area (Å²) in [4.78, 5) is 31.4. The van der Waals surface area contributed by atoms with Crippen molar-refractivity contribution in [2.24, 2.45) is 11.8 Å². The van der Waals surface area contributed by atoms with E-state index in [2.05, 4.69) is 9.97 Å². The topological polar surface area (TPSA) is 128 Å². The summed E-state index contributed by atoms with van der Waals surface area (Å²) in [5, 5.41) is 0. The largest absolute Gasteiger partial charge is 0.292 e. The molecule has 42 heavy (non-hydrogen) atoms. The predicted molar refractivity (Wildman–Crippen MR) is 130 cm³/mol. The average molecular weight is 629 g/mol. The highest BCUT2D eigenvalue weighted by molar-refractivity contribution is 7.91. The number of carbonyl (C=O) groups excluding carboxylic acids is 2. The number of allylic oxidation sites excluding steroid dienone is 4. The summed E-state index contributed by atoms with van der Waals surface area (Å²) in [6.07, 6.45) is 5.71. The van der Waals surface area contributed by atoms with Crippen molar-refractivity contribution in [3.05, 3.63) is 106 Å². The van der Waals surface area contributed by atoms with Gasteiger partial charge >= 0.3 is 0 Å². The van der Waals surface area contributed by atoms with Crippen LogP contribution in [0.1, 0.15) is 32.4 Å². The van der Waals surface area contributed by atoms with Crippen LogP contribution in [-0.2, 0) is 31.2 Å². The number of halogens is 6. The number of carbonyl (C=O) groups is 2. The van der Waals surface area contributed by atoms with Gasteiger partial charge in [0.1, 0.15) is 21.2 Å². The number of aromatic nitrogens is 2. The second-order valence-electron chi connectivity index (χ2n) is 9.23. The number of Topliss-reactive ketones (excluding diaryl/α,β-unsaturated/α-hetero) is 2. The van der Waals surface area contributed by atoms with Gasteiger partial charge in [-0.15, -0.1) is 0 Å². The lowest BCUT2D eigenvalue weighted by atomic mass is 9.75. The molecule has 2 atom stereocenters. The van der Waals surface area contributed by atoms with Crippen LogP contribution >= 0.6 is 0 Å². The minimum absolute atomic E-state index is 0.326. The number of fused-ring (bicyclic) bond motifs is 2. The first-order chi connectivity index (χ1) is 19.6. The van der Waals surface area contributed by atoms with Crippen molar-refractivity contribution >= 4 is 31.2 Å². The fraction of sp³-hybridized carbons (Fsp3) is 0.154. The van der Waals surface area contributed by atoms with Crippen LogP contribution in [-0.4, -0.2) is 38.4 Å². The maximum absolute atomic E-state index is 14.4. The van der Waals surface area contributed by atoms with Gasteiger partial charge < -0.3 is 0 Å². The molecule has 0 N–H and O–H groups in total. The van der Waals surface area contributed by atoms with E-state index in [4.69, 9.17) is 0 Å². The molecule has 0 saturated carbocycles. The van der Waals surface area contributed by atoms with Crippen molar-refractivity contribution in [2.45, 2.75) is 21.3 Å². The number of sulfone groups is 2. The van der Waals surface area contributed by atoms with Gasteiger partial charge in [0, 0.05) is 0 Å². The number of nitrogens with zero attached hydrogens (tertiary/aromatic N) is 2. The minimum atomic E-state index is -5.01. The zero-order valence-corrected chi connectivity index (χ0v) is 22.2. The van der Waals surface area contributed by atoms with Gasteiger partial charge in [0.25, 0.3) is 0 Å². The van der Waals surface area contributed by atoms with Gasteiger partial charge in [-0.2, -0.15) is 0 Å². The number of rotatable bonds is 6. The van der Waals surface area contributed by atoms with Crippen molar-refractivity contribution in [2.75, 3.05) is 0 Å². The molecule has 0 saturated heterocycles. The second kappa shape index (κ2) is 10.3. The molecular formula is C26H14F6N2O6S2. The maximum Gasteiger partial charge on any atom is 0.195 e. The van der Waals surface area contributed by atoms with Crippen molar-refractivity contribution in [1.82, 2.24) is 9.97 Å². The molecule has 218 valence electrons. The molecule has 0 radical (unpaired) electrons. The van der Waals surface area contributed by atoms with Crippen LogP contribution in [0, 0.1) is 46.7 Å². The quantitative estimate of drug-likeness (QED) is 0.228. The van der Waals surface area contributed by atoms with E-state index in [1.807, 2.05) is 0 Å². The SMILES string of the molecule is O=C1c2nc(CS(=O)(=O)c3ccc(F)c(F)c3F)c(CS(=O)(=O)c3ccc(F)c(F)c3F)nc2C(=O)C2C=CC=CC12. The summed E-state index contributed by atoms with van der Waals surface area (Å²) in [7, 11) is -10.0. The Labute approximate surface area is 233 Å². The lowest BCUT2D eigenvalue weighted by Gasteiger charge is -2.27. The molecule has 0 aliphatic heterocycles. The lowest BCUT2D eigenvalue weighted by molar-refractivity contribution is 0.0792. The van der Waals surface area contributed by atoms with E-state index in [9.17, 15) is 52.8 Å². The Balaban J connectivity index is 1.68. The van der Waals surface area contributed by atoms with E-state index in [0.717, 1.165) is 0 Å². The predicted octanol–water partition coefficient (Wildman–Crippen LogP) is 4.00. The number of benzene rings is 2. The monoisotopic (exact) mass is 628 g/mol. The van der Waals surface area contributed by atoms with Crippen LogP contribution in [0.5, 0.6) is 0 Å². The van der Waals surface area contributed by atoms with E-state index in [0.29, 0.717) is 24.3 Å². The summed E-state index contributed by atoms with van der Waals surface area (Å²) in [6, 6.07) is 1.46. The van der Waals surface area contributed by atoms with Crippen LogP contribution in [0.25, 0.3) is 0 Å². The zero-order valence-electron chi connectivity index (χ0n) is 20.6. The molecule has 1 heterocycles. The average Bonchev–Trinajstić information content (AvgIpc) is 2.93. The van der Waals surface area contributed by atoms with Crippen LogP contribution in [0.2, 0.25) is 0 Å². The fourth-order valence-electron chi connectivity index (χ4n) is 4.52. The highest BCUT2D eigenvalue weighted by atomic mass is 32.2. The Morgan fingerprint density at radius 1 is 0.571 bits per heavy atom. The smallest absolute Gasteiger partial charge is 0.195 e. The fourth-order valence-corrected chi connectivity index (χ4v) is 7.29. The van der Waals surface area contributed by atoms with E-state index in [1.54, 1.807) is 0 Å². The van der Waals surface area contributed by atoms with Gasteiger partial charge in [0.05, 0.1) is 34.7 Å². The highest BCUT2D eigenvalue weighted by Gasteiger charge is 2.43. The zero-order chi connectivity index (χ0) is 30.7. The Kier molecular flexibility index (Phi) is 7.17. The molecule has 5 rings (SSSR count). The van der Waals surface area contributed by atoms with Gasteiger partial charge in [0.2, 0.25) is 0 Å². The standard InChI is InChI=1S/C26H14F6N2O6S2/c27-13-5-7-17(21(31)19(13)29)41(37,38)9-15-16(10-42(39,40)18-8-6-14(28)20(30)22(18)32)34-24-23(33-15)25(35)11-3-1-2-4-12(11)26(24)36/h1-8,11-12H,9-10H2. The molecular weight excluding hydrogens is 614 g/mol. The van der Waals surface area contributed by atoms with Crippen molar-refractivity contribution in [3.63, 3.8) is 0 Å². The first kappa shape index (κ1) is 29.3. The molecule has 2 aliphatic rings. The van der Waals surface area contributed by atoms with E-state index in [-0.39, 0.29) is 0 Å². The van der Waals surface area contributed by atoms with Crippen LogP contribution in [0.15, 0.2) is 58.4 Å². The summed E-state index contributed by atoms with van der Waals surface area (Å²) < 4.78 is 136. The molecule has 16 heteroatoms. The third-order valence-corrected chi connectivity index (χ3v) is 9.86. The van der Waals surface area contributed by atoms with Crippen molar-refractivity contribution in [3.8, 4) is 0 Å². The minimum Gasteiger partial charge on any atom is -0.292 e. The molecule has 1 aromatic heterocycles. The molecule has 0 amide bonds. The third kappa shape index (κ3) is 4.83. The molecule has 0 bridgehead atoms. The maximum atomic E-state index is 14.4. The van der Waals surface area contributed by atoms with Crippen LogP contribution in [0.3, 0.4) is 0 Å². The second-order valence-corrected chi connectivity index (χ2v) is 13.1. The van der Waals surface area contributed by atoms with Gasteiger partial charge in [-0.25, -0.2) is 53.1 Å². The number of hydrogen-bond acceptors (Lipinski definition) is 8. The van der Waals surface area contributed by atoms with Gasteiger partial charge in [-0.05, 0) is 24.3 Å². The summed E-state index contributed by atoms with van der Waals surface area (Å²) in [5.74, 6) is -18.4.